The second-order valence-corrected chi connectivity index (χ2v) is 7.46. The van der Waals surface area contributed by atoms with Crippen LogP contribution in [0.3, 0.4) is 0 Å². The van der Waals surface area contributed by atoms with Crippen molar-refractivity contribution >= 4 is 29.1 Å². The van der Waals surface area contributed by atoms with Crippen molar-refractivity contribution in [2.24, 2.45) is 17.1 Å². The fourth-order valence-electron chi connectivity index (χ4n) is 3.19. The lowest BCUT2D eigenvalue weighted by atomic mass is 9.90. The minimum absolute atomic E-state index is 0.0869. The molecule has 0 bridgehead atoms. The first-order valence-electron chi connectivity index (χ1n) is 7.37. The van der Waals surface area contributed by atoms with Crippen LogP contribution in [0.4, 0.5) is 0 Å². The maximum absolute atomic E-state index is 12.6. The monoisotopic (exact) mass is 326 g/mol. The Hall–Kier alpha value is -0.770. The lowest BCUT2D eigenvalue weighted by Gasteiger charge is -2.22. The molecule has 3 unspecified atom stereocenters. The predicted molar refractivity (Wildman–Crippen MR) is 85.7 cm³/mol. The van der Waals surface area contributed by atoms with Crippen molar-refractivity contribution in [2.75, 3.05) is 19.6 Å². The Bertz CT molecular complexity index is 577. The van der Waals surface area contributed by atoms with E-state index in [1.807, 2.05) is 17.0 Å². The van der Waals surface area contributed by atoms with Crippen molar-refractivity contribution in [3.05, 3.63) is 33.8 Å². The van der Waals surface area contributed by atoms with Gasteiger partial charge in [-0.3, -0.25) is 4.79 Å². The lowest BCUT2D eigenvalue weighted by Crippen LogP contribution is -2.35. The Kier molecular flexibility index (Phi) is 3.93. The SMILES string of the molecule is CC1(CN)CCN(C(=O)C2CC2c2ccc(Cl)c(Cl)c2)C1. The second kappa shape index (κ2) is 5.45. The van der Waals surface area contributed by atoms with Crippen LogP contribution in [-0.4, -0.2) is 30.4 Å². The molecular weight excluding hydrogens is 307 g/mol. The number of hydrogen-bond acceptors (Lipinski definition) is 2. The molecule has 0 aromatic heterocycles. The molecule has 2 aliphatic rings. The van der Waals surface area contributed by atoms with Gasteiger partial charge in [-0.15, -0.1) is 0 Å². The van der Waals surface area contributed by atoms with Crippen LogP contribution >= 0.6 is 23.2 Å². The molecule has 1 aromatic carbocycles. The van der Waals surface area contributed by atoms with Gasteiger partial charge in [-0.05, 0) is 48.4 Å². The summed E-state index contributed by atoms with van der Waals surface area (Å²) in [4.78, 5) is 14.6. The molecule has 1 aliphatic heterocycles. The number of hydrogen-bond donors (Lipinski definition) is 1. The third-order valence-corrected chi connectivity index (χ3v) is 5.58. The van der Waals surface area contributed by atoms with Crippen LogP contribution in [0.15, 0.2) is 18.2 Å². The second-order valence-electron chi connectivity index (χ2n) is 6.65. The molecular formula is C16H20Cl2N2O. The number of carbonyl (C=O) groups is 1. The summed E-state index contributed by atoms with van der Waals surface area (Å²) < 4.78 is 0. The van der Waals surface area contributed by atoms with Gasteiger partial charge in [-0.25, -0.2) is 0 Å². The van der Waals surface area contributed by atoms with E-state index in [1.165, 1.54) is 0 Å². The van der Waals surface area contributed by atoms with Crippen LogP contribution in [0.25, 0.3) is 0 Å². The number of carbonyl (C=O) groups excluding carboxylic acids is 1. The summed E-state index contributed by atoms with van der Waals surface area (Å²) in [5.41, 5.74) is 7.01. The average molecular weight is 327 g/mol. The predicted octanol–water partition coefficient (Wildman–Crippen LogP) is 3.29. The number of nitrogens with zero attached hydrogens (tertiary/aromatic N) is 1. The highest BCUT2D eigenvalue weighted by molar-refractivity contribution is 6.42. The zero-order chi connectivity index (χ0) is 15.2. The molecule has 2 fully saturated rings. The number of likely N-dealkylation sites (tertiary alicyclic amines) is 1. The van der Waals surface area contributed by atoms with Crippen LogP contribution in [0.5, 0.6) is 0 Å². The van der Waals surface area contributed by atoms with Crippen molar-refractivity contribution in [3.8, 4) is 0 Å². The fourth-order valence-corrected chi connectivity index (χ4v) is 3.50. The minimum atomic E-state index is 0.0869. The molecule has 1 aliphatic carbocycles. The highest BCUT2D eigenvalue weighted by atomic mass is 35.5. The molecule has 1 amide bonds. The van der Waals surface area contributed by atoms with Crippen LogP contribution in [0, 0.1) is 11.3 Å². The maximum Gasteiger partial charge on any atom is 0.226 e. The molecule has 21 heavy (non-hydrogen) atoms. The van der Waals surface area contributed by atoms with E-state index < -0.39 is 0 Å². The quantitative estimate of drug-likeness (QED) is 0.926. The van der Waals surface area contributed by atoms with Gasteiger partial charge in [-0.2, -0.15) is 0 Å². The summed E-state index contributed by atoms with van der Waals surface area (Å²) in [6.45, 7) is 4.41. The van der Waals surface area contributed by atoms with Gasteiger partial charge < -0.3 is 10.6 Å². The molecule has 1 heterocycles. The zero-order valence-corrected chi connectivity index (χ0v) is 13.6. The number of amides is 1. The van der Waals surface area contributed by atoms with Crippen LogP contribution in [0.1, 0.15) is 31.2 Å². The Morgan fingerprint density at radius 1 is 1.43 bits per heavy atom. The molecule has 1 saturated heterocycles. The fraction of sp³-hybridized carbons (Fsp3) is 0.562. The molecule has 0 radical (unpaired) electrons. The number of halogens is 2. The topological polar surface area (TPSA) is 46.3 Å². The van der Waals surface area contributed by atoms with Crippen molar-refractivity contribution in [1.29, 1.82) is 0 Å². The van der Waals surface area contributed by atoms with Crippen molar-refractivity contribution in [1.82, 2.24) is 4.90 Å². The van der Waals surface area contributed by atoms with Crippen molar-refractivity contribution in [3.63, 3.8) is 0 Å². The van der Waals surface area contributed by atoms with E-state index in [0.717, 1.165) is 31.5 Å². The maximum atomic E-state index is 12.6. The Morgan fingerprint density at radius 3 is 2.81 bits per heavy atom. The first-order valence-corrected chi connectivity index (χ1v) is 8.13. The molecule has 114 valence electrons. The third kappa shape index (κ3) is 2.92. The summed E-state index contributed by atoms with van der Waals surface area (Å²) in [5.74, 6) is 0.655. The first kappa shape index (κ1) is 15.1. The van der Waals surface area contributed by atoms with Gasteiger partial charge in [0, 0.05) is 19.0 Å². The summed E-state index contributed by atoms with van der Waals surface area (Å²) in [6, 6.07) is 5.66. The molecule has 5 heteroatoms. The van der Waals surface area contributed by atoms with E-state index in [1.54, 1.807) is 6.07 Å². The Labute approximate surface area is 135 Å². The minimum Gasteiger partial charge on any atom is -0.342 e. The van der Waals surface area contributed by atoms with Gasteiger partial charge in [0.15, 0.2) is 0 Å². The molecule has 3 rings (SSSR count). The van der Waals surface area contributed by atoms with Crippen LogP contribution in [-0.2, 0) is 4.79 Å². The summed E-state index contributed by atoms with van der Waals surface area (Å²) >= 11 is 12.0. The number of nitrogens with two attached hydrogens (primary N) is 1. The van der Waals surface area contributed by atoms with E-state index in [2.05, 4.69) is 6.92 Å². The van der Waals surface area contributed by atoms with Gasteiger partial charge >= 0.3 is 0 Å². The molecule has 3 nitrogen and oxygen atoms in total. The van der Waals surface area contributed by atoms with Gasteiger partial charge in [0.05, 0.1) is 10.0 Å². The number of benzene rings is 1. The summed E-state index contributed by atoms with van der Waals surface area (Å²) in [7, 11) is 0. The van der Waals surface area contributed by atoms with E-state index in [-0.39, 0.29) is 23.2 Å². The molecule has 2 N–H and O–H groups in total. The average Bonchev–Trinajstić information content (AvgIpc) is 3.17. The van der Waals surface area contributed by atoms with Crippen molar-refractivity contribution in [2.45, 2.75) is 25.7 Å². The highest BCUT2D eigenvalue weighted by Gasteiger charge is 2.48. The zero-order valence-electron chi connectivity index (χ0n) is 12.1. The van der Waals surface area contributed by atoms with Gasteiger partial charge in [-0.1, -0.05) is 36.2 Å². The van der Waals surface area contributed by atoms with E-state index in [4.69, 9.17) is 28.9 Å². The summed E-state index contributed by atoms with van der Waals surface area (Å²) in [6.07, 6.45) is 1.91. The Morgan fingerprint density at radius 2 is 2.19 bits per heavy atom. The molecule has 1 saturated carbocycles. The molecule has 0 spiro atoms. The normalized spacial score (nSPS) is 31.5. The van der Waals surface area contributed by atoms with Crippen LogP contribution < -0.4 is 5.73 Å². The first-order chi connectivity index (χ1) is 9.93. The van der Waals surface area contributed by atoms with Gasteiger partial charge in [0.25, 0.3) is 0 Å². The Balaban J connectivity index is 1.65. The third-order valence-electron chi connectivity index (χ3n) is 4.84. The smallest absolute Gasteiger partial charge is 0.226 e. The van der Waals surface area contributed by atoms with E-state index >= 15 is 0 Å². The van der Waals surface area contributed by atoms with Gasteiger partial charge in [0.2, 0.25) is 5.91 Å². The van der Waals surface area contributed by atoms with Gasteiger partial charge in [0.1, 0.15) is 0 Å². The summed E-state index contributed by atoms with van der Waals surface area (Å²) in [5, 5.41) is 1.12. The van der Waals surface area contributed by atoms with E-state index in [9.17, 15) is 4.79 Å². The standard InChI is InChI=1S/C16H20Cl2N2O/c1-16(8-19)4-5-20(9-16)15(21)12-7-11(12)10-2-3-13(17)14(18)6-10/h2-3,6,11-12H,4-5,7-9,19H2,1H3. The highest BCUT2D eigenvalue weighted by Crippen LogP contribution is 2.50. The van der Waals surface area contributed by atoms with Crippen molar-refractivity contribution < 1.29 is 4.79 Å². The van der Waals surface area contributed by atoms with E-state index in [0.29, 0.717) is 16.6 Å². The molecule has 3 atom stereocenters. The molecule has 1 aromatic rings. The largest absolute Gasteiger partial charge is 0.342 e. The number of rotatable bonds is 3. The van der Waals surface area contributed by atoms with Crippen LogP contribution in [0.2, 0.25) is 10.0 Å². The lowest BCUT2D eigenvalue weighted by molar-refractivity contribution is -0.132.